The van der Waals surface area contributed by atoms with Gasteiger partial charge in [0.25, 0.3) is 0 Å². The normalized spacial score (nSPS) is 13.8. The highest BCUT2D eigenvalue weighted by Gasteiger charge is 2.20. The number of aromatic nitrogens is 7. The summed E-state index contributed by atoms with van der Waals surface area (Å²) in [6.45, 7) is 2.57. The van der Waals surface area contributed by atoms with Crippen LogP contribution < -0.4 is 9.64 Å². The molecule has 0 radical (unpaired) electrons. The largest absolute Gasteiger partial charge is 0.487 e. The van der Waals surface area contributed by atoms with Crippen LogP contribution in [-0.2, 0) is 6.61 Å². The highest BCUT2D eigenvalue weighted by atomic mass is 16.5. The Balaban J connectivity index is 1.22. The van der Waals surface area contributed by atoms with Gasteiger partial charge in [0.05, 0.1) is 23.1 Å². The number of nitrogens with zero attached hydrogens (tertiary/aromatic N) is 6. The van der Waals surface area contributed by atoms with E-state index in [1.807, 2.05) is 54.7 Å². The van der Waals surface area contributed by atoms with Crippen LogP contribution in [0.25, 0.3) is 45.0 Å². The molecule has 6 heterocycles. The number of H-pyrrole nitrogens is 2. The molecule has 7 rings (SSSR count). The smallest absolute Gasteiger partial charge is 0.180 e. The van der Waals surface area contributed by atoms with Gasteiger partial charge in [-0.25, -0.2) is 15.0 Å². The number of hydrogen-bond acceptors (Lipinski definition) is 7. The Labute approximate surface area is 219 Å². The Morgan fingerprint density at radius 2 is 1.82 bits per heavy atom. The van der Waals surface area contributed by atoms with E-state index >= 15 is 0 Å². The zero-order valence-corrected chi connectivity index (χ0v) is 20.8. The van der Waals surface area contributed by atoms with Crippen LogP contribution >= 0.6 is 0 Å². The van der Waals surface area contributed by atoms with Gasteiger partial charge in [0.2, 0.25) is 0 Å². The van der Waals surface area contributed by atoms with Crippen molar-refractivity contribution in [1.82, 2.24) is 35.1 Å². The van der Waals surface area contributed by atoms with E-state index in [2.05, 4.69) is 36.1 Å². The van der Waals surface area contributed by atoms with Gasteiger partial charge in [-0.05, 0) is 49.1 Å². The number of pyridine rings is 3. The van der Waals surface area contributed by atoms with Gasteiger partial charge in [-0.1, -0.05) is 30.3 Å². The fraction of sp³-hybridized carbons (Fsp3) is 0.207. The maximum absolute atomic E-state index is 5.98. The average molecular weight is 503 g/mol. The number of rotatable bonds is 6. The summed E-state index contributed by atoms with van der Waals surface area (Å²) < 4.78 is 5.98. The van der Waals surface area contributed by atoms with E-state index in [-0.39, 0.29) is 0 Å². The molecule has 38 heavy (non-hydrogen) atoms. The summed E-state index contributed by atoms with van der Waals surface area (Å²) in [5.74, 6) is 1.33. The van der Waals surface area contributed by atoms with Crippen molar-refractivity contribution in [1.29, 1.82) is 0 Å². The third-order valence-electron chi connectivity index (χ3n) is 6.96. The van der Waals surface area contributed by atoms with Gasteiger partial charge in [0.15, 0.2) is 17.2 Å². The standard InChI is InChI=1S/C29H26N8O/c1-3-7-19(8-4-1)18-38-21-15-20(16-30-17-21)22-9-10-23-25(32-22)27(36-35-23)29-33-26-24(11-12-31-28(26)34-29)37-13-5-2-6-14-37/h1,3-4,7-12,15-17H,2,5-6,13-14,18H2,(H,35,36)(H,31,33,34). The van der Waals surface area contributed by atoms with E-state index in [0.29, 0.717) is 29.5 Å². The van der Waals surface area contributed by atoms with Gasteiger partial charge in [-0.3, -0.25) is 10.1 Å². The maximum atomic E-state index is 5.98. The first-order chi connectivity index (χ1) is 18.8. The zero-order chi connectivity index (χ0) is 25.3. The minimum Gasteiger partial charge on any atom is -0.487 e. The van der Waals surface area contributed by atoms with E-state index in [1.54, 1.807) is 12.4 Å². The molecule has 1 aliphatic heterocycles. The van der Waals surface area contributed by atoms with E-state index in [1.165, 1.54) is 19.3 Å². The summed E-state index contributed by atoms with van der Waals surface area (Å²) in [5, 5.41) is 7.65. The number of hydrogen-bond donors (Lipinski definition) is 2. The number of nitrogens with one attached hydrogen (secondary N) is 2. The first kappa shape index (κ1) is 22.4. The summed E-state index contributed by atoms with van der Waals surface area (Å²) in [6.07, 6.45) is 9.03. The summed E-state index contributed by atoms with van der Waals surface area (Å²) in [5.41, 5.74) is 7.73. The monoisotopic (exact) mass is 502 g/mol. The lowest BCUT2D eigenvalue weighted by molar-refractivity contribution is 0.305. The molecular weight excluding hydrogens is 476 g/mol. The molecule has 0 bridgehead atoms. The van der Waals surface area contributed by atoms with Crippen LogP contribution in [0.5, 0.6) is 5.75 Å². The third kappa shape index (κ3) is 4.21. The van der Waals surface area contributed by atoms with Crippen molar-refractivity contribution in [2.24, 2.45) is 0 Å². The number of benzene rings is 1. The van der Waals surface area contributed by atoms with E-state index < -0.39 is 0 Å². The number of fused-ring (bicyclic) bond motifs is 2. The minimum absolute atomic E-state index is 0.476. The highest BCUT2D eigenvalue weighted by Crippen LogP contribution is 2.31. The molecule has 6 aromatic rings. The molecule has 1 saturated heterocycles. The predicted octanol–water partition coefficient (Wildman–Crippen LogP) is 5.53. The molecule has 5 aromatic heterocycles. The maximum Gasteiger partial charge on any atom is 0.180 e. The second-order valence-electron chi connectivity index (χ2n) is 9.51. The Hall–Kier alpha value is -4.79. The zero-order valence-electron chi connectivity index (χ0n) is 20.8. The minimum atomic E-state index is 0.476. The molecule has 1 aromatic carbocycles. The molecule has 0 saturated carbocycles. The number of anilines is 1. The molecule has 0 spiro atoms. The fourth-order valence-electron chi connectivity index (χ4n) is 5.01. The molecule has 1 fully saturated rings. The number of ether oxygens (including phenoxy) is 1. The van der Waals surface area contributed by atoms with Gasteiger partial charge >= 0.3 is 0 Å². The topological polar surface area (TPSA) is 108 Å². The Morgan fingerprint density at radius 3 is 2.71 bits per heavy atom. The molecule has 9 nitrogen and oxygen atoms in total. The van der Waals surface area contributed by atoms with Crippen molar-refractivity contribution in [3.8, 4) is 28.5 Å². The molecule has 9 heteroatoms. The fourth-order valence-corrected chi connectivity index (χ4v) is 5.01. The molecular formula is C29H26N8O. The van der Waals surface area contributed by atoms with Crippen LogP contribution in [0.4, 0.5) is 5.69 Å². The third-order valence-corrected chi connectivity index (χ3v) is 6.96. The van der Waals surface area contributed by atoms with Crippen LogP contribution in [0.1, 0.15) is 24.8 Å². The van der Waals surface area contributed by atoms with Crippen molar-refractivity contribution in [3.05, 3.63) is 78.8 Å². The van der Waals surface area contributed by atoms with E-state index in [9.17, 15) is 0 Å². The first-order valence-corrected chi connectivity index (χ1v) is 12.9. The van der Waals surface area contributed by atoms with Gasteiger partial charge < -0.3 is 14.6 Å². The molecule has 188 valence electrons. The quantitative estimate of drug-likeness (QED) is 0.308. The molecule has 2 N–H and O–H groups in total. The van der Waals surface area contributed by atoms with Crippen LogP contribution in [0.15, 0.2) is 73.2 Å². The van der Waals surface area contributed by atoms with Crippen LogP contribution in [0.2, 0.25) is 0 Å². The second-order valence-corrected chi connectivity index (χ2v) is 9.51. The lowest BCUT2D eigenvalue weighted by atomic mass is 10.1. The second kappa shape index (κ2) is 9.59. The van der Waals surface area contributed by atoms with Crippen molar-refractivity contribution in [2.75, 3.05) is 18.0 Å². The lowest BCUT2D eigenvalue weighted by Gasteiger charge is -2.28. The van der Waals surface area contributed by atoms with Gasteiger partial charge in [-0.15, -0.1) is 0 Å². The lowest BCUT2D eigenvalue weighted by Crippen LogP contribution is -2.29. The van der Waals surface area contributed by atoms with Gasteiger partial charge in [0, 0.05) is 31.0 Å². The summed E-state index contributed by atoms with van der Waals surface area (Å²) >= 11 is 0. The first-order valence-electron chi connectivity index (χ1n) is 12.9. The number of aromatic amines is 2. The number of piperidine rings is 1. The molecule has 0 atom stereocenters. The summed E-state index contributed by atoms with van der Waals surface area (Å²) in [6, 6.07) is 18.0. The van der Waals surface area contributed by atoms with Gasteiger partial charge in [0.1, 0.15) is 23.4 Å². The van der Waals surface area contributed by atoms with Crippen LogP contribution in [0.3, 0.4) is 0 Å². The molecule has 0 amide bonds. The molecule has 1 aliphatic rings. The SMILES string of the molecule is c1ccc(COc2cncc(-c3ccc4[nH]nc(-c5nc6nccc(N7CCCCC7)c6[nH]5)c4n3)c2)cc1. The van der Waals surface area contributed by atoms with Crippen molar-refractivity contribution in [2.45, 2.75) is 25.9 Å². The summed E-state index contributed by atoms with van der Waals surface area (Å²) in [4.78, 5) is 24.5. The van der Waals surface area contributed by atoms with Crippen molar-refractivity contribution < 1.29 is 4.74 Å². The van der Waals surface area contributed by atoms with Crippen molar-refractivity contribution >= 4 is 27.9 Å². The Bertz CT molecular complexity index is 1720. The van der Waals surface area contributed by atoms with Crippen molar-refractivity contribution in [3.63, 3.8) is 0 Å². The average Bonchev–Trinajstić information content (AvgIpc) is 3.61. The summed E-state index contributed by atoms with van der Waals surface area (Å²) in [7, 11) is 0. The Kier molecular flexibility index (Phi) is 5.65. The van der Waals surface area contributed by atoms with Crippen LogP contribution in [-0.4, -0.2) is 48.2 Å². The predicted molar refractivity (Wildman–Crippen MR) is 147 cm³/mol. The number of imidazole rings is 1. The van der Waals surface area contributed by atoms with E-state index in [0.717, 1.165) is 52.1 Å². The molecule has 0 unspecified atom stereocenters. The Morgan fingerprint density at radius 1 is 0.921 bits per heavy atom. The van der Waals surface area contributed by atoms with Crippen LogP contribution in [0, 0.1) is 0 Å². The molecule has 0 aliphatic carbocycles. The highest BCUT2D eigenvalue weighted by molar-refractivity contribution is 5.93. The van der Waals surface area contributed by atoms with E-state index in [4.69, 9.17) is 14.7 Å². The van der Waals surface area contributed by atoms with Gasteiger partial charge in [-0.2, -0.15) is 5.10 Å².